The topological polar surface area (TPSA) is 111 Å². The molecule has 168 valence electrons. The molecular weight excluding hydrogens is 430 g/mol. The van der Waals surface area contributed by atoms with E-state index in [1.54, 1.807) is 18.4 Å². The molecule has 32 heavy (non-hydrogen) atoms. The number of carbonyl (C=O) groups is 1. The first-order chi connectivity index (χ1) is 15.2. The summed E-state index contributed by atoms with van der Waals surface area (Å²) in [7, 11) is 0. The van der Waals surface area contributed by atoms with Crippen molar-refractivity contribution in [3.8, 4) is 0 Å². The Hall–Kier alpha value is -3.20. The van der Waals surface area contributed by atoms with E-state index >= 15 is 0 Å². The van der Waals surface area contributed by atoms with E-state index in [0.717, 1.165) is 24.8 Å². The first-order valence-corrected chi connectivity index (χ1v) is 11.3. The minimum Gasteiger partial charge on any atom is -0.467 e. The van der Waals surface area contributed by atoms with E-state index < -0.39 is 4.92 Å². The van der Waals surface area contributed by atoms with Crippen LogP contribution in [0.15, 0.2) is 44.4 Å². The number of hydrogen-bond acceptors (Lipinski definition) is 7. The van der Waals surface area contributed by atoms with Gasteiger partial charge in [0, 0.05) is 4.88 Å². The smallest absolute Gasteiger partial charge is 0.433 e. The molecule has 0 unspecified atom stereocenters. The molecule has 1 aliphatic rings. The number of thiophene rings is 1. The highest BCUT2D eigenvalue weighted by Crippen LogP contribution is 2.45. The average molecular weight is 456 g/mol. The van der Waals surface area contributed by atoms with Crippen LogP contribution in [0.5, 0.6) is 0 Å². The highest BCUT2D eigenvalue weighted by atomic mass is 32.1. The van der Waals surface area contributed by atoms with Gasteiger partial charge < -0.3 is 14.2 Å². The summed E-state index contributed by atoms with van der Waals surface area (Å²) in [6.07, 6.45) is 5.73. The number of aliphatic imine (C=N–C) groups is 1. The first-order valence-electron chi connectivity index (χ1n) is 10.5. The van der Waals surface area contributed by atoms with Gasteiger partial charge in [-0.05, 0) is 54.4 Å². The predicted molar refractivity (Wildman–Crippen MR) is 122 cm³/mol. The maximum absolute atomic E-state index is 13.1. The third-order valence-electron chi connectivity index (χ3n) is 5.80. The highest BCUT2D eigenvalue weighted by Gasteiger charge is 2.33. The van der Waals surface area contributed by atoms with Crippen molar-refractivity contribution in [2.24, 2.45) is 16.3 Å². The number of hydrogen-bond donors (Lipinski definition) is 1. The molecule has 8 nitrogen and oxygen atoms in total. The number of carbonyl (C=O) groups excluding carboxylic acids is 1. The van der Waals surface area contributed by atoms with Crippen LogP contribution in [0.25, 0.3) is 0 Å². The number of fused-ring (bicyclic) bond motifs is 1. The lowest BCUT2D eigenvalue weighted by atomic mass is 9.72. The van der Waals surface area contributed by atoms with Crippen LogP contribution in [0.3, 0.4) is 0 Å². The van der Waals surface area contributed by atoms with Crippen LogP contribution in [0.2, 0.25) is 0 Å². The summed E-state index contributed by atoms with van der Waals surface area (Å²) < 4.78 is 10.5. The molecule has 1 aliphatic carbocycles. The van der Waals surface area contributed by atoms with Crippen molar-refractivity contribution >= 4 is 34.3 Å². The second-order valence-corrected chi connectivity index (χ2v) is 10.0. The Morgan fingerprint density at radius 2 is 2.19 bits per heavy atom. The molecule has 1 N–H and O–H groups in total. The molecule has 3 aromatic rings. The van der Waals surface area contributed by atoms with Gasteiger partial charge in [-0.1, -0.05) is 20.8 Å². The van der Waals surface area contributed by atoms with Crippen LogP contribution >= 0.6 is 11.3 Å². The van der Waals surface area contributed by atoms with E-state index in [4.69, 9.17) is 8.83 Å². The Morgan fingerprint density at radius 3 is 2.84 bits per heavy atom. The van der Waals surface area contributed by atoms with Crippen LogP contribution in [0, 0.1) is 21.4 Å². The van der Waals surface area contributed by atoms with Crippen molar-refractivity contribution in [3.63, 3.8) is 0 Å². The van der Waals surface area contributed by atoms with E-state index in [2.05, 4.69) is 31.1 Å². The minimum atomic E-state index is -0.596. The monoisotopic (exact) mass is 455 g/mol. The zero-order valence-corrected chi connectivity index (χ0v) is 19.0. The van der Waals surface area contributed by atoms with Gasteiger partial charge in [-0.3, -0.25) is 14.9 Å². The van der Waals surface area contributed by atoms with Crippen molar-refractivity contribution in [1.82, 2.24) is 5.32 Å². The molecule has 3 heterocycles. The normalized spacial score (nSPS) is 16.3. The lowest BCUT2D eigenvalue weighted by molar-refractivity contribution is -0.402. The van der Waals surface area contributed by atoms with Gasteiger partial charge >= 0.3 is 5.88 Å². The van der Waals surface area contributed by atoms with Gasteiger partial charge in [-0.25, -0.2) is 4.99 Å². The zero-order chi connectivity index (χ0) is 22.9. The molecule has 1 amide bonds. The standard InChI is InChI=1S/C23H25N3O5S/c1-23(2,3)14-6-8-17-18(11-14)32-22(25-13-16-7-9-19(31-16)26(28)29)20(17)21(27)24-12-15-5-4-10-30-15/h4-5,7,9-10,13-14H,6,8,11-12H2,1-3H3,(H,24,27)/t14-/m1/s1. The summed E-state index contributed by atoms with van der Waals surface area (Å²) in [6.45, 7) is 7.02. The van der Waals surface area contributed by atoms with Gasteiger partial charge in [0.15, 0.2) is 5.76 Å². The molecule has 1 atom stereocenters. The lowest BCUT2D eigenvalue weighted by Gasteiger charge is -2.33. The van der Waals surface area contributed by atoms with Crippen molar-refractivity contribution < 1.29 is 18.6 Å². The largest absolute Gasteiger partial charge is 0.467 e. The van der Waals surface area contributed by atoms with Gasteiger partial charge in [0.2, 0.25) is 0 Å². The van der Waals surface area contributed by atoms with Gasteiger partial charge in [0.1, 0.15) is 15.7 Å². The maximum atomic E-state index is 13.1. The van der Waals surface area contributed by atoms with Crippen molar-refractivity contribution in [2.45, 2.75) is 46.6 Å². The number of nitrogens with zero attached hydrogens (tertiary/aromatic N) is 2. The lowest BCUT2D eigenvalue weighted by Crippen LogP contribution is -2.28. The molecule has 0 fully saturated rings. The predicted octanol–water partition coefficient (Wildman–Crippen LogP) is 5.67. The van der Waals surface area contributed by atoms with E-state index in [1.807, 2.05) is 0 Å². The summed E-state index contributed by atoms with van der Waals surface area (Å²) in [4.78, 5) is 29.1. The Bertz CT molecular complexity index is 1150. The van der Waals surface area contributed by atoms with Crippen molar-refractivity contribution in [3.05, 3.63) is 68.2 Å². The molecule has 0 radical (unpaired) electrons. The Kier molecular flexibility index (Phi) is 6.01. The summed E-state index contributed by atoms with van der Waals surface area (Å²) in [6, 6.07) is 6.35. The highest BCUT2D eigenvalue weighted by molar-refractivity contribution is 7.16. The Morgan fingerprint density at radius 1 is 1.38 bits per heavy atom. The molecule has 3 aromatic heterocycles. The molecule has 9 heteroatoms. The Balaban J connectivity index is 1.64. The van der Waals surface area contributed by atoms with E-state index in [0.29, 0.717) is 22.2 Å². The van der Waals surface area contributed by atoms with Gasteiger partial charge in [0.05, 0.1) is 30.7 Å². The number of amides is 1. The van der Waals surface area contributed by atoms with Crippen molar-refractivity contribution in [1.29, 1.82) is 0 Å². The van der Waals surface area contributed by atoms with Crippen LogP contribution < -0.4 is 5.32 Å². The molecule has 0 saturated carbocycles. The van der Waals surface area contributed by atoms with Gasteiger partial charge in [-0.15, -0.1) is 11.3 Å². The fourth-order valence-electron chi connectivity index (χ4n) is 3.94. The molecule has 0 saturated heterocycles. The molecule has 0 aromatic carbocycles. The van der Waals surface area contributed by atoms with Crippen LogP contribution in [-0.4, -0.2) is 17.0 Å². The molecule has 4 rings (SSSR count). The summed E-state index contributed by atoms with van der Waals surface area (Å²) in [5, 5.41) is 14.4. The fraction of sp³-hybridized carbons (Fsp3) is 0.391. The number of furan rings is 2. The van der Waals surface area contributed by atoms with E-state index in [-0.39, 0.29) is 29.5 Å². The summed E-state index contributed by atoms with van der Waals surface area (Å²) in [5.74, 6) is 0.907. The molecular formula is C23H25N3O5S. The average Bonchev–Trinajstić information content (AvgIpc) is 3.48. The third kappa shape index (κ3) is 4.67. The quantitative estimate of drug-likeness (QED) is 0.292. The Labute approximate surface area is 189 Å². The zero-order valence-electron chi connectivity index (χ0n) is 18.2. The molecule has 0 aliphatic heterocycles. The van der Waals surface area contributed by atoms with Gasteiger partial charge in [-0.2, -0.15) is 0 Å². The molecule has 0 spiro atoms. The SMILES string of the molecule is CC(C)(C)[C@@H]1CCc2c(sc(N=Cc3ccc([N+](=O)[O-])o3)c2C(=O)NCc2ccco2)C1. The van der Waals surface area contributed by atoms with E-state index in [9.17, 15) is 14.9 Å². The van der Waals surface area contributed by atoms with Crippen LogP contribution in [-0.2, 0) is 19.4 Å². The number of nitrogens with one attached hydrogen (secondary N) is 1. The summed E-state index contributed by atoms with van der Waals surface area (Å²) in [5.41, 5.74) is 1.80. The minimum absolute atomic E-state index is 0.180. The number of rotatable bonds is 6. The van der Waals surface area contributed by atoms with Crippen molar-refractivity contribution in [2.75, 3.05) is 0 Å². The molecule has 0 bridgehead atoms. The van der Waals surface area contributed by atoms with Crippen LogP contribution in [0.4, 0.5) is 10.9 Å². The number of nitro groups is 1. The van der Waals surface area contributed by atoms with Crippen LogP contribution in [0.1, 0.15) is 59.5 Å². The summed E-state index contributed by atoms with van der Waals surface area (Å²) >= 11 is 1.51. The second kappa shape index (κ2) is 8.74. The van der Waals surface area contributed by atoms with Gasteiger partial charge in [0.25, 0.3) is 5.91 Å². The second-order valence-electron chi connectivity index (χ2n) is 8.94. The third-order valence-corrected chi connectivity index (χ3v) is 6.97. The fourth-order valence-corrected chi connectivity index (χ4v) is 5.21. The van der Waals surface area contributed by atoms with E-state index in [1.165, 1.54) is 34.6 Å². The first kappa shape index (κ1) is 22.0. The maximum Gasteiger partial charge on any atom is 0.433 e.